The number of sulfone groups is 1. The van der Waals surface area contributed by atoms with Crippen LogP contribution in [0.3, 0.4) is 0 Å². The van der Waals surface area contributed by atoms with Gasteiger partial charge in [-0.1, -0.05) is 11.6 Å². The van der Waals surface area contributed by atoms with Crippen LogP contribution in [0.25, 0.3) is 0 Å². The second-order valence-electron chi connectivity index (χ2n) is 10.0. The first kappa shape index (κ1) is 27.6. The van der Waals surface area contributed by atoms with Crippen molar-refractivity contribution >= 4 is 33.0 Å². The van der Waals surface area contributed by atoms with E-state index in [1.807, 2.05) is 0 Å². The molecule has 0 saturated heterocycles. The van der Waals surface area contributed by atoms with Gasteiger partial charge in [-0.15, -0.1) is 0 Å². The number of nitrogens with zero attached hydrogens (tertiary/aromatic N) is 1. The summed E-state index contributed by atoms with van der Waals surface area (Å²) in [5.74, 6) is -4.81. The molecule has 3 aromatic rings. The number of hydrogen-bond acceptors (Lipinski definition) is 6. The van der Waals surface area contributed by atoms with Crippen molar-refractivity contribution in [2.75, 3.05) is 5.32 Å². The number of amides is 1. The van der Waals surface area contributed by atoms with Crippen LogP contribution in [0.1, 0.15) is 47.8 Å². The topological polar surface area (TPSA) is 117 Å². The van der Waals surface area contributed by atoms with E-state index in [0.717, 1.165) is 36.4 Å². The fourth-order valence-electron chi connectivity index (χ4n) is 5.87. The Labute approximate surface area is 227 Å². The molecule has 2 saturated carbocycles. The van der Waals surface area contributed by atoms with E-state index >= 15 is 0 Å². The molecule has 1 amide bonds. The highest BCUT2D eigenvalue weighted by molar-refractivity contribution is 7.92. The van der Waals surface area contributed by atoms with Gasteiger partial charge in [0.15, 0.2) is 21.5 Å². The number of halogens is 4. The smallest absolute Gasteiger partial charge is 0.255 e. The summed E-state index contributed by atoms with van der Waals surface area (Å²) < 4.78 is 67.9. The van der Waals surface area contributed by atoms with Crippen molar-refractivity contribution in [3.05, 3.63) is 88.5 Å². The number of nitrogens with one attached hydrogen (secondary N) is 1. The summed E-state index contributed by atoms with van der Waals surface area (Å²) in [5.41, 5.74) is -1.79. The second-order valence-corrected chi connectivity index (χ2v) is 12.6. The Bertz CT molecular complexity index is 1540. The number of rotatable bonds is 6. The average Bonchev–Trinajstić information content (AvgIpc) is 3.05. The van der Waals surface area contributed by atoms with Gasteiger partial charge >= 0.3 is 0 Å². The van der Waals surface area contributed by atoms with E-state index in [1.54, 1.807) is 0 Å². The highest BCUT2D eigenvalue weighted by atomic mass is 35.5. The van der Waals surface area contributed by atoms with E-state index in [-0.39, 0.29) is 39.7 Å². The van der Waals surface area contributed by atoms with Gasteiger partial charge in [0, 0.05) is 23.5 Å². The maximum atomic E-state index is 13.7. The van der Waals surface area contributed by atoms with Crippen LogP contribution in [0.15, 0.2) is 59.6 Å². The predicted octanol–water partition coefficient (Wildman–Crippen LogP) is 4.83. The number of carbonyl (C=O) groups is 1. The molecule has 39 heavy (non-hydrogen) atoms. The van der Waals surface area contributed by atoms with Crippen LogP contribution in [0, 0.1) is 29.3 Å². The average molecular weight is 581 g/mol. The number of benzene rings is 2. The number of pyridine rings is 1. The third-order valence-corrected chi connectivity index (χ3v) is 10.5. The van der Waals surface area contributed by atoms with Crippen LogP contribution in [0.2, 0.25) is 5.02 Å². The van der Waals surface area contributed by atoms with Gasteiger partial charge in [-0.05, 0) is 80.0 Å². The molecule has 5 rings (SSSR count). The number of anilines is 1. The molecule has 2 bridgehead atoms. The van der Waals surface area contributed by atoms with Gasteiger partial charge in [0.25, 0.3) is 5.91 Å². The first-order chi connectivity index (χ1) is 18.4. The molecule has 2 aliphatic carbocycles. The van der Waals surface area contributed by atoms with Gasteiger partial charge in [-0.3, -0.25) is 9.78 Å². The predicted molar refractivity (Wildman–Crippen MR) is 136 cm³/mol. The summed E-state index contributed by atoms with van der Waals surface area (Å²) >= 11 is 6.26. The molecule has 3 N–H and O–H groups in total. The van der Waals surface area contributed by atoms with Gasteiger partial charge in [0.1, 0.15) is 17.5 Å². The number of carbonyl (C=O) groups excluding carboxylic acids is 1. The molecule has 5 atom stereocenters. The third kappa shape index (κ3) is 4.93. The zero-order valence-corrected chi connectivity index (χ0v) is 21.9. The lowest BCUT2D eigenvalue weighted by Crippen LogP contribution is -2.52. The monoisotopic (exact) mass is 580 g/mol. The standard InChI is InChI=1S/C27H24ClF3N2O5S/c28-20-5-1-14(26(35)33-18-4-6-21(30)22(31)13-18)9-24(20)39(37,38)19-10-15-2-3-16(11-19)27(15,36)25(34)23-12-17(29)7-8-32-23/h1,4-9,12-13,15-16,19,25,34,36H,2-3,10-11H2,(H,33,35)/t15-,16?,19?,25?,27?/m0/s1. The minimum atomic E-state index is -4.10. The van der Waals surface area contributed by atoms with Gasteiger partial charge in [-0.25, -0.2) is 21.6 Å². The molecule has 2 aliphatic rings. The maximum absolute atomic E-state index is 13.7. The third-order valence-electron chi connectivity index (χ3n) is 7.84. The number of aliphatic hydroxyl groups is 2. The number of aliphatic hydroxyl groups excluding tert-OH is 1. The van der Waals surface area contributed by atoms with Gasteiger partial charge in [0.2, 0.25) is 0 Å². The molecule has 2 aromatic carbocycles. The van der Waals surface area contributed by atoms with Crippen LogP contribution in [0.4, 0.5) is 18.9 Å². The highest BCUT2D eigenvalue weighted by Crippen LogP contribution is 2.56. The summed E-state index contributed by atoms with van der Waals surface area (Å²) in [6.45, 7) is 0. The summed E-state index contributed by atoms with van der Waals surface area (Å²) in [4.78, 5) is 16.5. The molecular weight excluding hydrogens is 557 g/mol. The lowest BCUT2D eigenvalue weighted by atomic mass is 9.70. The molecule has 1 heterocycles. The fourth-order valence-corrected chi connectivity index (χ4v) is 8.27. The van der Waals surface area contributed by atoms with Gasteiger partial charge < -0.3 is 15.5 Å². The van der Waals surface area contributed by atoms with Crippen LogP contribution in [-0.2, 0) is 9.84 Å². The van der Waals surface area contributed by atoms with Crippen molar-refractivity contribution < 1.29 is 36.6 Å². The molecule has 4 unspecified atom stereocenters. The van der Waals surface area contributed by atoms with Crippen molar-refractivity contribution in [2.45, 2.75) is 47.5 Å². The first-order valence-electron chi connectivity index (χ1n) is 12.2. The Balaban J connectivity index is 1.39. The zero-order valence-electron chi connectivity index (χ0n) is 20.3. The molecular formula is C27H24ClF3N2O5S. The molecule has 0 aliphatic heterocycles. The Hall–Kier alpha value is -2.99. The Morgan fingerprint density at radius 3 is 2.36 bits per heavy atom. The van der Waals surface area contributed by atoms with Gasteiger partial charge in [0.05, 0.1) is 20.9 Å². The molecule has 2 fully saturated rings. The summed E-state index contributed by atoms with van der Waals surface area (Å²) in [6, 6.07) is 8.67. The van der Waals surface area contributed by atoms with Crippen molar-refractivity contribution in [2.24, 2.45) is 11.8 Å². The van der Waals surface area contributed by atoms with Crippen LogP contribution >= 0.6 is 11.6 Å². The van der Waals surface area contributed by atoms with E-state index in [2.05, 4.69) is 10.3 Å². The van der Waals surface area contributed by atoms with Crippen molar-refractivity contribution in [1.82, 2.24) is 4.98 Å². The largest absolute Gasteiger partial charge is 0.386 e. The highest BCUT2D eigenvalue weighted by Gasteiger charge is 2.59. The van der Waals surface area contributed by atoms with E-state index in [1.165, 1.54) is 18.3 Å². The fraction of sp³-hybridized carbons (Fsp3) is 0.333. The Kier molecular flexibility index (Phi) is 7.21. The van der Waals surface area contributed by atoms with E-state index in [0.29, 0.717) is 12.8 Å². The summed E-state index contributed by atoms with van der Waals surface area (Å²) in [6.07, 6.45) is 0.648. The van der Waals surface area contributed by atoms with Crippen LogP contribution in [0.5, 0.6) is 0 Å². The van der Waals surface area contributed by atoms with Crippen molar-refractivity contribution in [3.8, 4) is 0 Å². The number of fused-ring (bicyclic) bond motifs is 2. The second kappa shape index (κ2) is 10.2. The van der Waals surface area contributed by atoms with Crippen LogP contribution in [-0.4, -0.2) is 40.4 Å². The van der Waals surface area contributed by atoms with Gasteiger partial charge in [-0.2, -0.15) is 0 Å². The Morgan fingerprint density at radius 2 is 1.72 bits per heavy atom. The molecule has 0 spiro atoms. The van der Waals surface area contributed by atoms with E-state index < -0.39 is 62.0 Å². The first-order valence-corrected chi connectivity index (χ1v) is 14.2. The van der Waals surface area contributed by atoms with Crippen molar-refractivity contribution in [1.29, 1.82) is 0 Å². The molecule has 0 radical (unpaired) electrons. The van der Waals surface area contributed by atoms with Crippen molar-refractivity contribution in [3.63, 3.8) is 0 Å². The lowest BCUT2D eigenvalue weighted by molar-refractivity contribution is -0.146. The summed E-state index contributed by atoms with van der Waals surface area (Å²) in [5, 5.41) is 23.9. The minimum Gasteiger partial charge on any atom is -0.386 e. The Morgan fingerprint density at radius 1 is 1.03 bits per heavy atom. The SMILES string of the molecule is O=C(Nc1ccc(F)c(F)c1)c1ccc(Cl)c(S(=O)(=O)C2CC3CC[C@@H](C2)C3(O)C(O)c2cc(F)ccn2)c1. The van der Waals surface area contributed by atoms with E-state index in [4.69, 9.17) is 11.6 Å². The van der Waals surface area contributed by atoms with Crippen LogP contribution < -0.4 is 5.32 Å². The number of hydrogen-bond donors (Lipinski definition) is 3. The maximum Gasteiger partial charge on any atom is 0.255 e. The quantitative estimate of drug-likeness (QED) is 0.384. The summed E-state index contributed by atoms with van der Waals surface area (Å²) in [7, 11) is -4.10. The lowest BCUT2D eigenvalue weighted by Gasteiger charge is -2.45. The molecule has 1 aromatic heterocycles. The zero-order chi connectivity index (χ0) is 28.1. The number of aromatic nitrogens is 1. The van der Waals surface area contributed by atoms with E-state index in [9.17, 15) is 36.6 Å². The molecule has 7 nitrogen and oxygen atoms in total. The minimum absolute atomic E-state index is 0.0172. The molecule has 12 heteroatoms. The normalized spacial score (nSPS) is 25.3. The molecule has 206 valence electrons.